The molecule has 2 bridgehead atoms. The summed E-state index contributed by atoms with van der Waals surface area (Å²) in [6.07, 6.45) is 8.03. The Morgan fingerprint density at radius 1 is 1.40 bits per heavy atom. The van der Waals surface area contributed by atoms with Crippen LogP contribution in [0.5, 0.6) is 0 Å². The van der Waals surface area contributed by atoms with Crippen LogP contribution in [-0.2, 0) is 14.4 Å². The largest absolute Gasteiger partial charge is 0.329 e. The molecule has 0 aromatic rings. The van der Waals surface area contributed by atoms with E-state index < -0.39 is 10.1 Å². The van der Waals surface area contributed by atoms with Gasteiger partial charge in [0.2, 0.25) is 0 Å². The monoisotopic (exact) mass is 315 g/mol. The van der Waals surface area contributed by atoms with Crippen LogP contribution >= 0.6 is 11.8 Å². The molecular weight excluding hydrogens is 294 g/mol. The summed E-state index contributed by atoms with van der Waals surface area (Å²) < 4.78 is 29.4. The van der Waals surface area contributed by atoms with Crippen molar-refractivity contribution in [3.05, 3.63) is 12.2 Å². The van der Waals surface area contributed by atoms with E-state index in [2.05, 4.69) is 19.0 Å². The van der Waals surface area contributed by atoms with Gasteiger partial charge in [-0.1, -0.05) is 36.8 Å². The smallest absolute Gasteiger partial charge is 0.267 e. The lowest BCUT2D eigenvalue weighted by molar-refractivity contribution is 0.150. The molecule has 0 unspecified atom stereocenters. The van der Waals surface area contributed by atoms with Gasteiger partial charge in [-0.2, -0.15) is 8.42 Å². The van der Waals surface area contributed by atoms with E-state index in [1.165, 1.54) is 11.8 Å². The number of hydrogen-bond donors (Lipinski definition) is 0. The van der Waals surface area contributed by atoms with Gasteiger partial charge >= 0.3 is 10.1 Å². The molecule has 1 heterocycles. The van der Waals surface area contributed by atoms with Gasteiger partial charge in [-0.05, 0) is 48.5 Å². The fourth-order valence-corrected chi connectivity index (χ4v) is 6.42. The normalized spacial score (nSPS) is 36.9. The molecule has 20 heavy (non-hydrogen) atoms. The summed E-state index contributed by atoms with van der Waals surface area (Å²) in [5.74, 6) is 1.60. The van der Waals surface area contributed by atoms with E-state index >= 15 is 0 Å². The molecule has 1 aliphatic heterocycles. The van der Waals surface area contributed by atoms with Gasteiger partial charge in [0.25, 0.3) is 0 Å². The summed E-state index contributed by atoms with van der Waals surface area (Å²) in [5, 5.41) is 4.41. The highest BCUT2D eigenvalue weighted by molar-refractivity contribution is 8.14. The van der Waals surface area contributed by atoms with Gasteiger partial charge in [0.05, 0.1) is 5.75 Å². The molecule has 0 aromatic heterocycles. The zero-order valence-corrected chi connectivity index (χ0v) is 13.6. The highest BCUT2D eigenvalue weighted by Crippen LogP contribution is 2.66. The molecule has 3 aliphatic rings. The lowest BCUT2D eigenvalue weighted by Crippen LogP contribution is -2.37. The van der Waals surface area contributed by atoms with Gasteiger partial charge in [-0.15, -0.1) is 0 Å². The van der Waals surface area contributed by atoms with Crippen molar-refractivity contribution in [2.24, 2.45) is 21.9 Å². The minimum Gasteiger partial charge on any atom is -0.267 e. The van der Waals surface area contributed by atoms with Crippen LogP contribution < -0.4 is 0 Å². The molecule has 6 heteroatoms. The van der Waals surface area contributed by atoms with Gasteiger partial charge in [0.15, 0.2) is 0 Å². The van der Waals surface area contributed by atoms with Gasteiger partial charge in [-0.3, -0.25) is 4.28 Å². The van der Waals surface area contributed by atoms with Crippen molar-refractivity contribution in [3.8, 4) is 0 Å². The van der Waals surface area contributed by atoms with Crippen LogP contribution in [0.4, 0.5) is 0 Å². The Bertz CT molecular complexity index is 555. The van der Waals surface area contributed by atoms with Crippen LogP contribution in [0.2, 0.25) is 0 Å². The Labute approximate surface area is 125 Å². The highest BCUT2D eigenvalue weighted by Gasteiger charge is 2.60. The number of hydrogen-bond acceptors (Lipinski definition) is 5. The van der Waals surface area contributed by atoms with Crippen LogP contribution in [0.1, 0.15) is 39.5 Å². The van der Waals surface area contributed by atoms with Crippen molar-refractivity contribution in [2.45, 2.75) is 39.5 Å². The predicted molar refractivity (Wildman–Crippen MR) is 82.1 cm³/mol. The van der Waals surface area contributed by atoms with Crippen LogP contribution in [0.3, 0.4) is 0 Å². The fraction of sp³-hybridized carbons (Fsp3) is 0.786. The van der Waals surface area contributed by atoms with Crippen molar-refractivity contribution in [1.82, 2.24) is 0 Å². The number of oxime groups is 1. The lowest BCUT2D eigenvalue weighted by Gasteiger charge is -2.37. The van der Waals surface area contributed by atoms with Gasteiger partial charge < -0.3 is 0 Å². The Morgan fingerprint density at radius 2 is 2.10 bits per heavy atom. The van der Waals surface area contributed by atoms with E-state index in [9.17, 15) is 8.42 Å². The Morgan fingerprint density at radius 3 is 2.60 bits per heavy atom. The zero-order chi connectivity index (χ0) is 14.4. The molecule has 0 amide bonds. The maximum absolute atomic E-state index is 12.3. The van der Waals surface area contributed by atoms with Crippen molar-refractivity contribution >= 4 is 26.9 Å². The third-order valence-electron chi connectivity index (χ3n) is 5.61. The van der Waals surface area contributed by atoms with Crippen molar-refractivity contribution in [2.75, 3.05) is 11.5 Å². The fourth-order valence-electron chi connectivity index (χ4n) is 4.15. The molecule has 0 spiro atoms. The quantitative estimate of drug-likeness (QED) is 0.748. The molecule has 0 radical (unpaired) electrons. The topological polar surface area (TPSA) is 55.7 Å². The van der Waals surface area contributed by atoms with Crippen molar-refractivity contribution in [1.29, 1.82) is 0 Å². The zero-order valence-electron chi connectivity index (χ0n) is 12.0. The summed E-state index contributed by atoms with van der Waals surface area (Å²) in [5.41, 5.74) is -0.0199. The summed E-state index contributed by atoms with van der Waals surface area (Å²) in [4.78, 5) is 0. The second-order valence-corrected chi connectivity index (χ2v) is 9.29. The SMILES string of the molecule is CC1(C)C2CCC1(CS(=O)(=O)ON=C1C=CCS1)CC2. The summed E-state index contributed by atoms with van der Waals surface area (Å²) in [6.45, 7) is 4.43. The van der Waals surface area contributed by atoms with E-state index in [1.807, 2.05) is 6.08 Å². The van der Waals surface area contributed by atoms with E-state index in [4.69, 9.17) is 4.28 Å². The van der Waals surface area contributed by atoms with Crippen LogP contribution in [-0.4, -0.2) is 25.0 Å². The number of nitrogens with zero attached hydrogens (tertiary/aromatic N) is 1. The second kappa shape index (κ2) is 4.77. The first kappa shape index (κ1) is 14.4. The highest BCUT2D eigenvalue weighted by atomic mass is 32.2. The van der Waals surface area contributed by atoms with Gasteiger partial charge in [-0.25, -0.2) is 0 Å². The molecule has 0 N–H and O–H groups in total. The Balaban J connectivity index is 1.73. The lowest BCUT2D eigenvalue weighted by atomic mass is 9.71. The van der Waals surface area contributed by atoms with E-state index in [0.717, 1.165) is 31.4 Å². The van der Waals surface area contributed by atoms with E-state index in [1.54, 1.807) is 6.08 Å². The standard InChI is InChI=1S/C14H21NO3S2/c1-13(2)11-5-7-14(13,8-6-11)10-20(16,17)18-15-12-4-3-9-19-12/h3-4,11H,5-10H2,1-2H3. The Hall–Kier alpha value is -0.490. The van der Waals surface area contributed by atoms with E-state index in [0.29, 0.717) is 11.0 Å². The molecule has 0 atom stereocenters. The molecule has 3 rings (SSSR count). The molecule has 4 nitrogen and oxygen atoms in total. The minimum absolute atomic E-state index is 0.0958. The molecule has 2 aliphatic carbocycles. The molecule has 0 saturated heterocycles. The first-order valence-electron chi connectivity index (χ1n) is 7.13. The third kappa shape index (κ3) is 2.30. The van der Waals surface area contributed by atoms with Crippen molar-refractivity contribution in [3.63, 3.8) is 0 Å². The van der Waals surface area contributed by atoms with Gasteiger partial charge in [0, 0.05) is 5.75 Å². The molecule has 2 saturated carbocycles. The Kier molecular flexibility index (Phi) is 3.44. The number of rotatable bonds is 4. The van der Waals surface area contributed by atoms with Crippen LogP contribution in [0.25, 0.3) is 0 Å². The molecular formula is C14H21NO3S2. The first-order valence-corrected chi connectivity index (χ1v) is 9.70. The van der Waals surface area contributed by atoms with Gasteiger partial charge in [0.1, 0.15) is 5.04 Å². The maximum Gasteiger partial charge on any atom is 0.329 e. The first-order chi connectivity index (χ1) is 9.35. The molecule has 2 fully saturated rings. The second-order valence-electron chi connectivity index (χ2n) is 6.70. The molecule has 0 aromatic carbocycles. The van der Waals surface area contributed by atoms with Crippen LogP contribution in [0, 0.1) is 16.7 Å². The third-order valence-corrected chi connectivity index (χ3v) is 7.69. The van der Waals surface area contributed by atoms with Crippen molar-refractivity contribution < 1.29 is 12.7 Å². The minimum atomic E-state index is -3.60. The summed E-state index contributed by atoms with van der Waals surface area (Å²) in [7, 11) is -3.60. The number of fused-ring (bicyclic) bond motifs is 2. The average molecular weight is 315 g/mol. The van der Waals surface area contributed by atoms with Crippen LogP contribution in [0.15, 0.2) is 17.3 Å². The predicted octanol–water partition coefficient (Wildman–Crippen LogP) is 3.17. The molecule has 112 valence electrons. The summed E-state index contributed by atoms with van der Waals surface area (Å²) in [6, 6.07) is 0. The summed E-state index contributed by atoms with van der Waals surface area (Å²) >= 11 is 1.49. The maximum atomic E-state index is 12.3. The number of thioether (sulfide) groups is 1. The average Bonchev–Trinajstić information content (AvgIpc) is 3.02. The van der Waals surface area contributed by atoms with E-state index in [-0.39, 0.29) is 16.6 Å².